The van der Waals surface area contributed by atoms with Crippen molar-refractivity contribution in [2.24, 2.45) is 10.7 Å². The lowest BCUT2D eigenvalue weighted by Gasteiger charge is -2.44. The lowest BCUT2D eigenvalue weighted by atomic mass is 9.83. The number of sulfone groups is 1. The number of nitrogens with two attached hydrogens (primary N) is 1. The molecule has 4 rings (SSSR count). The first-order valence-electron chi connectivity index (χ1n) is 10.1. The average Bonchev–Trinajstić information content (AvgIpc) is 2.67. The van der Waals surface area contributed by atoms with Gasteiger partial charge < -0.3 is 5.73 Å². The molecule has 31 heavy (non-hydrogen) atoms. The highest BCUT2D eigenvalue weighted by molar-refractivity contribution is 7.93. The van der Waals surface area contributed by atoms with Crippen LogP contribution in [0.5, 0.6) is 0 Å². The molecule has 9 heteroatoms. The summed E-state index contributed by atoms with van der Waals surface area (Å²) in [6.45, 7) is 3.35. The summed E-state index contributed by atoms with van der Waals surface area (Å²) in [5.41, 5.74) is 6.29. The number of carbonyl (C=O) groups is 1. The maximum Gasteiger partial charge on any atom is 0.185 e. The molecule has 3 atom stereocenters. The minimum absolute atomic E-state index is 0.0158. The number of pyridine rings is 1. The Bertz CT molecular complexity index is 1210. The number of rotatable bonds is 4. The Morgan fingerprint density at radius 3 is 2.77 bits per heavy atom. The van der Waals surface area contributed by atoms with E-state index >= 15 is 0 Å². The van der Waals surface area contributed by atoms with E-state index in [2.05, 4.69) is 9.98 Å². The summed E-state index contributed by atoms with van der Waals surface area (Å²) < 4.78 is 41.1. The summed E-state index contributed by atoms with van der Waals surface area (Å²) in [4.78, 5) is 21.4. The first-order valence-corrected chi connectivity index (χ1v) is 12.0. The lowest BCUT2D eigenvalue weighted by Crippen LogP contribution is -2.57. The third kappa shape index (κ3) is 3.65. The number of halogens is 2. The van der Waals surface area contributed by atoms with Gasteiger partial charge in [0, 0.05) is 18.2 Å². The van der Waals surface area contributed by atoms with Crippen molar-refractivity contribution in [2.45, 2.75) is 55.6 Å². The van der Waals surface area contributed by atoms with Gasteiger partial charge >= 0.3 is 0 Å². The van der Waals surface area contributed by atoms with Crippen molar-refractivity contribution in [1.29, 1.82) is 0 Å². The van der Waals surface area contributed by atoms with Gasteiger partial charge in [-0.3, -0.25) is 14.8 Å². The second-order valence-corrected chi connectivity index (χ2v) is 11.2. The van der Waals surface area contributed by atoms with Crippen LogP contribution in [-0.4, -0.2) is 35.5 Å². The lowest BCUT2D eigenvalue weighted by molar-refractivity contribution is 0.0987. The minimum Gasteiger partial charge on any atom is -0.386 e. The average molecular weight is 464 g/mol. The second kappa shape index (κ2) is 7.67. The van der Waals surface area contributed by atoms with Crippen molar-refractivity contribution >= 4 is 33.1 Å². The maximum atomic E-state index is 15.0. The van der Waals surface area contributed by atoms with E-state index in [9.17, 15) is 17.6 Å². The molecule has 0 radical (unpaired) electrons. The first-order chi connectivity index (χ1) is 14.5. The van der Waals surface area contributed by atoms with Crippen molar-refractivity contribution < 1.29 is 17.6 Å². The molecule has 2 aromatic rings. The van der Waals surface area contributed by atoms with Gasteiger partial charge in [0.25, 0.3) is 0 Å². The van der Waals surface area contributed by atoms with Gasteiger partial charge in [0.1, 0.15) is 28.1 Å². The Labute approximate surface area is 185 Å². The fraction of sp³-hybridized carbons (Fsp3) is 0.409. The van der Waals surface area contributed by atoms with E-state index < -0.39 is 31.7 Å². The topological polar surface area (TPSA) is 102 Å². The molecule has 2 bridgehead atoms. The number of hydrogen-bond donors (Lipinski definition) is 1. The molecule has 1 saturated heterocycles. The molecule has 0 amide bonds. The summed E-state index contributed by atoms with van der Waals surface area (Å²) in [7, 11) is -3.59. The number of aryl methyl sites for hydroxylation is 1. The van der Waals surface area contributed by atoms with Crippen LogP contribution in [0.15, 0.2) is 35.5 Å². The normalized spacial score (nSPS) is 26.9. The standard InChI is InChI=1S/C22H23ClFN3O3S/c1-12-8-14(23)11-26-20(12)17(28)10-13-6-7-16(24)15(9-13)22(2)19-5-3-4-18(21(25)27-22)31(19,29)30/h6-9,11,18-19H,3-5,10H2,1-2H3,(H2,25,27)/t18-,19+,22-/m1/s1. The van der Waals surface area contributed by atoms with Crippen molar-refractivity contribution in [2.75, 3.05) is 0 Å². The number of Topliss-reactive ketones (excluding diaryl/α,β-unsaturated/α-hetero) is 1. The number of benzene rings is 1. The van der Waals surface area contributed by atoms with E-state index in [1.54, 1.807) is 19.9 Å². The molecular weight excluding hydrogens is 441 g/mol. The van der Waals surface area contributed by atoms with Gasteiger partial charge in [-0.25, -0.2) is 12.8 Å². The molecule has 3 heterocycles. The van der Waals surface area contributed by atoms with E-state index in [4.69, 9.17) is 17.3 Å². The molecule has 0 saturated carbocycles. The number of amidine groups is 1. The minimum atomic E-state index is -3.59. The molecule has 1 fully saturated rings. The molecule has 2 N–H and O–H groups in total. The van der Waals surface area contributed by atoms with Crippen LogP contribution in [0, 0.1) is 12.7 Å². The van der Waals surface area contributed by atoms with Crippen molar-refractivity contribution in [1.82, 2.24) is 4.98 Å². The van der Waals surface area contributed by atoms with Gasteiger partial charge in [0.05, 0.1) is 10.3 Å². The molecule has 1 aromatic carbocycles. The van der Waals surface area contributed by atoms with Gasteiger partial charge in [-0.05, 0) is 56.0 Å². The summed E-state index contributed by atoms with van der Waals surface area (Å²) in [5, 5.41) is -1.22. The van der Waals surface area contributed by atoms with E-state index in [0.29, 0.717) is 41.1 Å². The third-order valence-electron chi connectivity index (χ3n) is 6.29. The molecule has 6 nitrogen and oxygen atoms in total. The van der Waals surface area contributed by atoms with Crippen LogP contribution >= 0.6 is 11.6 Å². The predicted octanol–water partition coefficient (Wildman–Crippen LogP) is 3.53. The summed E-state index contributed by atoms with van der Waals surface area (Å²) in [5.74, 6) is -0.788. The fourth-order valence-electron chi connectivity index (χ4n) is 4.75. The van der Waals surface area contributed by atoms with Crippen LogP contribution in [0.25, 0.3) is 0 Å². The number of nitrogens with zero attached hydrogens (tertiary/aromatic N) is 2. The van der Waals surface area contributed by atoms with E-state index in [0.717, 1.165) is 0 Å². The van der Waals surface area contributed by atoms with Crippen molar-refractivity contribution in [3.05, 3.63) is 63.7 Å². The van der Waals surface area contributed by atoms with Crippen LogP contribution in [0.1, 0.15) is 53.4 Å². The van der Waals surface area contributed by atoms with Crippen LogP contribution in [0.2, 0.25) is 5.02 Å². The summed E-state index contributed by atoms with van der Waals surface area (Å²) in [6, 6.07) is 5.94. The van der Waals surface area contributed by atoms with Gasteiger partial charge in [0.2, 0.25) is 0 Å². The number of ketones is 1. The SMILES string of the molecule is Cc1cc(Cl)cnc1C(=O)Cc1ccc(F)c([C@@]2(C)N=C(N)[C@H]3CCC[C@@H]2S3(=O)=O)c1. The first kappa shape index (κ1) is 21.9. The number of fused-ring (bicyclic) bond motifs is 2. The zero-order valence-corrected chi connectivity index (χ0v) is 18.8. The number of aromatic nitrogens is 1. The van der Waals surface area contributed by atoms with Crippen LogP contribution in [-0.2, 0) is 21.8 Å². The second-order valence-electron chi connectivity index (χ2n) is 8.41. The highest BCUT2D eigenvalue weighted by atomic mass is 35.5. The summed E-state index contributed by atoms with van der Waals surface area (Å²) in [6.07, 6.45) is 2.90. The fourth-order valence-corrected chi connectivity index (χ4v) is 7.56. The highest BCUT2D eigenvalue weighted by Gasteiger charge is 2.54. The molecule has 0 unspecified atom stereocenters. The Hall–Kier alpha value is -2.32. The molecule has 2 aliphatic heterocycles. The molecule has 164 valence electrons. The van der Waals surface area contributed by atoms with Crippen LogP contribution < -0.4 is 5.73 Å². The van der Waals surface area contributed by atoms with E-state index in [1.165, 1.54) is 24.4 Å². The molecule has 0 spiro atoms. The van der Waals surface area contributed by atoms with E-state index in [-0.39, 0.29) is 23.6 Å². The zero-order chi connectivity index (χ0) is 22.6. The van der Waals surface area contributed by atoms with E-state index in [1.807, 2.05) is 0 Å². The van der Waals surface area contributed by atoms with Crippen molar-refractivity contribution in [3.8, 4) is 0 Å². The number of hydrogen-bond acceptors (Lipinski definition) is 6. The van der Waals surface area contributed by atoms with Gasteiger partial charge in [-0.15, -0.1) is 0 Å². The monoisotopic (exact) mass is 463 g/mol. The zero-order valence-electron chi connectivity index (χ0n) is 17.2. The Balaban J connectivity index is 1.74. The number of aliphatic imine (C=N–C) groups is 1. The largest absolute Gasteiger partial charge is 0.386 e. The Morgan fingerprint density at radius 2 is 2.06 bits per heavy atom. The molecular formula is C22H23ClFN3O3S. The molecule has 0 aliphatic carbocycles. The van der Waals surface area contributed by atoms with Gasteiger partial charge in [-0.1, -0.05) is 24.1 Å². The Kier molecular flexibility index (Phi) is 5.42. The number of carbonyl (C=O) groups excluding carboxylic acids is 1. The quantitative estimate of drug-likeness (QED) is 0.698. The summed E-state index contributed by atoms with van der Waals surface area (Å²) >= 11 is 5.91. The molecule has 2 aliphatic rings. The Morgan fingerprint density at radius 1 is 1.32 bits per heavy atom. The van der Waals surface area contributed by atoms with Crippen LogP contribution in [0.4, 0.5) is 4.39 Å². The predicted molar refractivity (Wildman–Crippen MR) is 118 cm³/mol. The smallest absolute Gasteiger partial charge is 0.185 e. The third-order valence-corrected chi connectivity index (χ3v) is 9.26. The van der Waals surface area contributed by atoms with Crippen LogP contribution in [0.3, 0.4) is 0 Å². The molecule has 1 aromatic heterocycles. The maximum absolute atomic E-state index is 15.0. The van der Waals surface area contributed by atoms with Gasteiger partial charge in [-0.2, -0.15) is 0 Å². The van der Waals surface area contributed by atoms with Crippen molar-refractivity contribution in [3.63, 3.8) is 0 Å². The highest BCUT2D eigenvalue weighted by Crippen LogP contribution is 2.45. The van der Waals surface area contributed by atoms with Gasteiger partial charge in [0.15, 0.2) is 15.6 Å².